The van der Waals surface area contributed by atoms with Crippen molar-refractivity contribution in [1.82, 2.24) is 10.0 Å². The molecule has 0 saturated carbocycles. The summed E-state index contributed by atoms with van der Waals surface area (Å²) in [4.78, 5) is 23.9. The van der Waals surface area contributed by atoms with Gasteiger partial charge in [0, 0.05) is 16.4 Å². The molecule has 0 aliphatic heterocycles. The van der Waals surface area contributed by atoms with Gasteiger partial charge in [-0.3, -0.25) is 4.79 Å². The number of primary amides is 1. The molecule has 0 unspecified atom stereocenters. The molecule has 0 fully saturated rings. The number of nitrogens with one attached hydrogen (secondary N) is 2. The lowest BCUT2D eigenvalue weighted by Crippen LogP contribution is -2.34. The molecule has 2 rings (SSSR count). The smallest absolute Gasteiger partial charge is 0.326 e. The number of nitrogens with two attached hydrogens (primary N) is 1. The number of ether oxygens (including phenoxy) is 2. The highest BCUT2D eigenvalue weighted by molar-refractivity contribution is 7.92. The van der Waals surface area contributed by atoms with E-state index in [0.29, 0.717) is 22.1 Å². The molecule has 152 valence electrons. The summed E-state index contributed by atoms with van der Waals surface area (Å²) in [5.74, 6) is 0.0771. The van der Waals surface area contributed by atoms with Gasteiger partial charge in [-0.2, -0.15) is 0 Å². The molecule has 9 nitrogen and oxygen atoms in total. The molecule has 1 aromatic heterocycles. The van der Waals surface area contributed by atoms with Crippen LogP contribution in [0.3, 0.4) is 0 Å². The fourth-order valence-corrected chi connectivity index (χ4v) is 4.96. The third-order valence-electron chi connectivity index (χ3n) is 3.48. The molecule has 2 aromatic rings. The first-order chi connectivity index (χ1) is 13.2. The lowest BCUT2D eigenvalue weighted by Gasteiger charge is -2.09. The van der Waals surface area contributed by atoms with E-state index in [1.165, 1.54) is 26.4 Å². The maximum atomic E-state index is 12.3. The lowest BCUT2D eigenvalue weighted by molar-refractivity contribution is 0.0951. The van der Waals surface area contributed by atoms with Crippen LogP contribution in [0.2, 0.25) is 5.02 Å². The number of carbonyl (C=O) groups excluding carboxylic acids is 2. The Labute approximate surface area is 170 Å². The van der Waals surface area contributed by atoms with Crippen molar-refractivity contribution in [2.24, 2.45) is 5.73 Å². The Balaban J connectivity index is 2.09. The van der Waals surface area contributed by atoms with E-state index in [1.54, 1.807) is 16.9 Å². The molecule has 28 heavy (non-hydrogen) atoms. The second kappa shape index (κ2) is 9.13. The number of methoxy groups -OCH3 is 2. The van der Waals surface area contributed by atoms with Gasteiger partial charge >= 0.3 is 6.03 Å². The Bertz CT molecular complexity index is 990. The number of rotatable bonds is 8. The standard InChI is InChI=1S/C16H18ClN3O6S2/c1-25-12-4-3-9(17)7-11(12)14(21)19-6-5-10-8-13(26-2)15(27-10)28(23,24)20-16(18)22/h3-4,7-8H,5-6H2,1-2H3,(H,19,21)(H3,18,20,22). The second-order valence-corrected chi connectivity index (χ2v) is 8.84. The molecule has 1 aromatic carbocycles. The predicted molar refractivity (Wildman–Crippen MR) is 105 cm³/mol. The topological polar surface area (TPSA) is 137 Å². The SMILES string of the molecule is COc1ccc(Cl)cc1C(=O)NCCc1cc(OC)c(S(=O)(=O)NC(N)=O)s1. The Morgan fingerprint density at radius 1 is 1.18 bits per heavy atom. The molecule has 12 heteroatoms. The van der Waals surface area contributed by atoms with Crippen LogP contribution in [0, 0.1) is 0 Å². The van der Waals surface area contributed by atoms with Crippen molar-refractivity contribution in [2.45, 2.75) is 10.6 Å². The van der Waals surface area contributed by atoms with Crippen LogP contribution in [0.15, 0.2) is 28.5 Å². The third kappa shape index (κ3) is 5.27. The molecule has 3 amide bonds. The lowest BCUT2D eigenvalue weighted by atomic mass is 10.2. The number of urea groups is 1. The van der Waals surface area contributed by atoms with Gasteiger partial charge in [0.15, 0.2) is 9.96 Å². The van der Waals surface area contributed by atoms with E-state index in [-0.39, 0.29) is 28.0 Å². The molecular formula is C16H18ClN3O6S2. The number of hydrogen-bond acceptors (Lipinski definition) is 7. The number of hydrogen-bond donors (Lipinski definition) is 3. The highest BCUT2D eigenvalue weighted by atomic mass is 35.5. The van der Waals surface area contributed by atoms with Gasteiger partial charge in [-0.15, -0.1) is 11.3 Å². The maximum absolute atomic E-state index is 12.3. The number of halogens is 1. The zero-order valence-electron chi connectivity index (χ0n) is 14.9. The summed E-state index contributed by atoms with van der Waals surface area (Å²) in [6.45, 7) is 0.223. The van der Waals surface area contributed by atoms with Crippen LogP contribution >= 0.6 is 22.9 Å². The van der Waals surface area contributed by atoms with Crippen molar-refractivity contribution in [3.8, 4) is 11.5 Å². The van der Waals surface area contributed by atoms with Crippen LogP contribution in [0.25, 0.3) is 0 Å². The van der Waals surface area contributed by atoms with E-state index >= 15 is 0 Å². The van der Waals surface area contributed by atoms with Crippen molar-refractivity contribution in [3.05, 3.63) is 39.7 Å². The maximum Gasteiger partial charge on any atom is 0.326 e. The van der Waals surface area contributed by atoms with E-state index in [2.05, 4.69) is 5.32 Å². The van der Waals surface area contributed by atoms with Gasteiger partial charge < -0.3 is 20.5 Å². The monoisotopic (exact) mass is 447 g/mol. The van der Waals surface area contributed by atoms with E-state index in [1.807, 2.05) is 0 Å². The molecular weight excluding hydrogens is 430 g/mol. The Hall–Kier alpha value is -2.50. The van der Waals surface area contributed by atoms with Gasteiger partial charge in [-0.1, -0.05) is 11.6 Å². The van der Waals surface area contributed by atoms with Gasteiger partial charge in [-0.05, 0) is 30.7 Å². The van der Waals surface area contributed by atoms with Gasteiger partial charge in [-0.25, -0.2) is 17.9 Å². The minimum absolute atomic E-state index is 0.0802. The first-order valence-electron chi connectivity index (χ1n) is 7.78. The highest BCUT2D eigenvalue weighted by Crippen LogP contribution is 2.33. The molecule has 0 aliphatic rings. The van der Waals surface area contributed by atoms with Crippen LogP contribution < -0.4 is 25.2 Å². The van der Waals surface area contributed by atoms with Gasteiger partial charge in [0.25, 0.3) is 15.9 Å². The molecule has 0 radical (unpaired) electrons. The van der Waals surface area contributed by atoms with E-state index < -0.39 is 16.1 Å². The molecule has 4 N–H and O–H groups in total. The summed E-state index contributed by atoms with van der Waals surface area (Å²) in [7, 11) is -1.38. The number of sulfonamides is 1. The predicted octanol–water partition coefficient (Wildman–Crippen LogP) is 1.75. The highest BCUT2D eigenvalue weighted by Gasteiger charge is 2.24. The zero-order chi connectivity index (χ0) is 20.9. The average molecular weight is 448 g/mol. The normalized spacial score (nSPS) is 11.0. The minimum atomic E-state index is -4.13. The van der Waals surface area contributed by atoms with Crippen molar-refractivity contribution in [1.29, 1.82) is 0 Å². The average Bonchev–Trinajstić information content (AvgIpc) is 3.05. The van der Waals surface area contributed by atoms with Crippen LogP contribution in [0.1, 0.15) is 15.2 Å². The number of thiophene rings is 1. The molecule has 0 atom stereocenters. The van der Waals surface area contributed by atoms with Crippen LogP contribution in [0.5, 0.6) is 11.5 Å². The van der Waals surface area contributed by atoms with E-state index in [4.69, 9.17) is 26.8 Å². The Morgan fingerprint density at radius 2 is 1.86 bits per heavy atom. The summed E-state index contributed by atoms with van der Waals surface area (Å²) in [6, 6.07) is 5.01. The van der Waals surface area contributed by atoms with Crippen LogP contribution in [0.4, 0.5) is 4.79 Å². The zero-order valence-corrected chi connectivity index (χ0v) is 17.3. The van der Waals surface area contributed by atoms with Crippen molar-refractivity contribution in [2.75, 3.05) is 20.8 Å². The number of amides is 3. The van der Waals surface area contributed by atoms with E-state index in [0.717, 1.165) is 11.3 Å². The van der Waals surface area contributed by atoms with Crippen molar-refractivity contribution in [3.63, 3.8) is 0 Å². The summed E-state index contributed by atoms with van der Waals surface area (Å²) < 4.78 is 36.0. The summed E-state index contributed by atoms with van der Waals surface area (Å²) in [5, 5.41) is 3.11. The first-order valence-corrected chi connectivity index (χ1v) is 10.5. The quantitative estimate of drug-likeness (QED) is 0.563. The van der Waals surface area contributed by atoms with Crippen molar-refractivity contribution >= 4 is 44.9 Å². The molecule has 0 aliphatic carbocycles. The minimum Gasteiger partial charge on any atom is -0.496 e. The van der Waals surface area contributed by atoms with Gasteiger partial charge in [0.05, 0.1) is 19.8 Å². The molecule has 0 saturated heterocycles. The third-order valence-corrected chi connectivity index (χ3v) is 6.75. The Morgan fingerprint density at radius 3 is 2.46 bits per heavy atom. The Kier molecular flexibility index (Phi) is 7.11. The van der Waals surface area contributed by atoms with Gasteiger partial charge in [0.2, 0.25) is 0 Å². The van der Waals surface area contributed by atoms with Gasteiger partial charge in [0.1, 0.15) is 5.75 Å². The van der Waals surface area contributed by atoms with Crippen LogP contribution in [-0.4, -0.2) is 41.1 Å². The van der Waals surface area contributed by atoms with Crippen LogP contribution in [-0.2, 0) is 16.4 Å². The second-order valence-electron chi connectivity index (χ2n) is 5.39. The largest absolute Gasteiger partial charge is 0.496 e. The summed E-state index contributed by atoms with van der Waals surface area (Å²) >= 11 is 6.83. The fraction of sp³-hybridized carbons (Fsp3) is 0.250. The summed E-state index contributed by atoms with van der Waals surface area (Å²) in [5.41, 5.74) is 5.17. The molecule has 1 heterocycles. The first kappa shape index (κ1) is 21.8. The van der Waals surface area contributed by atoms with Crippen molar-refractivity contribution < 1.29 is 27.5 Å². The summed E-state index contributed by atoms with van der Waals surface area (Å²) in [6.07, 6.45) is 0.335. The number of carbonyl (C=O) groups is 2. The molecule has 0 spiro atoms. The molecule has 0 bridgehead atoms. The fourth-order valence-electron chi connectivity index (χ4n) is 2.29. The van der Waals surface area contributed by atoms with E-state index in [9.17, 15) is 18.0 Å². The number of benzene rings is 1.